The molecular weight excluding hydrogens is 326 g/mol. The van der Waals surface area contributed by atoms with Crippen molar-refractivity contribution in [2.24, 2.45) is 16.9 Å². The highest BCUT2D eigenvalue weighted by molar-refractivity contribution is 6.18. The van der Waals surface area contributed by atoms with Crippen LogP contribution in [0.5, 0.6) is 0 Å². The van der Waals surface area contributed by atoms with Gasteiger partial charge in [-0.05, 0) is 36.3 Å². The van der Waals surface area contributed by atoms with Crippen molar-refractivity contribution in [1.82, 2.24) is 0 Å². The van der Waals surface area contributed by atoms with E-state index in [1.54, 1.807) is 4.90 Å². The lowest BCUT2D eigenvalue weighted by molar-refractivity contribution is -0.121. The average molecular weight is 343 g/mol. The number of rotatable bonds is 2. The Kier molecular flexibility index (Phi) is 3.28. The third-order valence-corrected chi connectivity index (χ3v) is 5.30. The summed E-state index contributed by atoms with van der Waals surface area (Å²) in [5, 5.41) is 6.04. The Morgan fingerprint density at radius 3 is 2.12 bits per heavy atom. The molecule has 2 unspecified atom stereocenters. The molecule has 2 amide bonds. The summed E-state index contributed by atoms with van der Waals surface area (Å²) in [4.78, 5) is 27.4. The Hall–Kier alpha value is -3.21. The molecule has 0 bridgehead atoms. The molecule has 5 heteroatoms. The summed E-state index contributed by atoms with van der Waals surface area (Å²) in [5.41, 5.74) is 3.50. The third-order valence-electron chi connectivity index (χ3n) is 5.30. The van der Waals surface area contributed by atoms with E-state index in [0.717, 1.165) is 22.7 Å². The summed E-state index contributed by atoms with van der Waals surface area (Å²) in [6.07, 6.45) is 3.01. The summed E-state index contributed by atoms with van der Waals surface area (Å²) in [6.45, 7) is 0. The predicted molar refractivity (Wildman–Crippen MR) is 99.6 cm³/mol. The first-order chi connectivity index (χ1) is 12.7. The van der Waals surface area contributed by atoms with Crippen LogP contribution in [0.1, 0.15) is 12.8 Å². The normalized spacial score (nSPS) is 24.3. The first-order valence-electron chi connectivity index (χ1n) is 8.77. The van der Waals surface area contributed by atoms with Crippen molar-refractivity contribution in [3.05, 3.63) is 72.4 Å². The molecule has 5 rings (SSSR count). The van der Waals surface area contributed by atoms with Gasteiger partial charge in [-0.25, -0.2) is 5.01 Å². The van der Waals surface area contributed by atoms with Crippen LogP contribution >= 0.6 is 0 Å². The molecule has 2 aromatic rings. The van der Waals surface area contributed by atoms with Gasteiger partial charge in [0.05, 0.1) is 23.2 Å². The Labute approximate surface area is 151 Å². The number of para-hydroxylation sites is 2. The molecule has 128 valence electrons. The van der Waals surface area contributed by atoms with Crippen molar-refractivity contribution in [2.75, 3.05) is 9.91 Å². The molecule has 1 saturated carbocycles. The van der Waals surface area contributed by atoms with Gasteiger partial charge < -0.3 is 0 Å². The standard InChI is InChI=1S/C21H17N3O2/c25-20-17-12-19-18(21(26)24(22-19)16-9-5-2-6-10-16)11-14(17)13-23(20)15-7-3-1-4-8-15/h1-10,13,17-18H,11-12H2. The van der Waals surface area contributed by atoms with E-state index in [1.807, 2.05) is 66.9 Å². The number of carbonyl (C=O) groups is 2. The van der Waals surface area contributed by atoms with Crippen molar-refractivity contribution >= 4 is 28.9 Å². The van der Waals surface area contributed by atoms with Crippen LogP contribution in [-0.4, -0.2) is 17.5 Å². The van der Waals surface area contributed by atoms with Crippen LogP contribution in [0.3, 0.4) is 0 Å². The Morgan fingerprint density at radius 2 is 1.42 bits per heavy atom. The highest BCUT2D eigenvalue weighted by Gasteiger charge is 2.47. The minimum atomic E-state index is -0.249. The number of carbonyl (C=O) groups excluding carboxylic acids is 2. The van der Waals surface area contributed by atoms with Gasteiger partial charge in [0, 0.05) is 18.3 Å². The molecule has 0 aromatic heterocycles. The molecule has 5 nitrogen and oxygen atoms in total. The maximum Gasteiger partial charge on any atom is 0.256 e. The summed E-state index contributed by atoms with van der Waals surface area (Å²) in [6, 6.07) is 19.1. The first kappa shape index (κ1) is 15.1. The first-order valence-corrected chi connectivity index (χ1v) is 8.77. The summed E-state index contributed by atoms with van der Waals surface area (Å²) >= 11 is 0. The van der Waals surface area contributed by atoms with E-state index in [2.05, 4.69) is 5.10 Å². The van der Waals surface area contributed by atoms with Gasteiger partial charge in [-0.1, -0.05) is 36.4 Å². The number of benzene rings is 2. The highest BCUT2D eigenvalue weighted by atomic mass is 16.2. The maximum atomic E-state index is 12.9. The Bertz CT molecular complexity index is 870. The van der Waals surface area contributed by atoms with Crippen LogP contribution < -0.4 is 9.91 Å². The van der Waals surface area contributed by atoms with Crippen LogP contribution in [0.2, 0.25) is 0 Å². The van der Waals surface area contributed by atoms with Crippen LogP contribution in [0.15, 0.2) is 77.5 Å². The van der Waals surface area contributed by atoms with Gasteiger partial charge in [-0.3, -0.25) is 14.5 Å². The van der Waals surface area contributed by atoms with Gasteiger partial charge in [-0.2, -0.15) is 5.10 Å². The van der Waals surface area contributed by atoms with E-state index in [9.17, 15) is 9.59 Å². The quantitative estimate of drug-likeness (QED) is 0.840. The number of fused-ring (bicyclic) bond motifs is 2. The zero-order valence-electron chi connectivity index (χ0n) is 14.1. The second-order valence-electron chi connectivity index (χ2n) is 6.84. The molecule has 0 saturated heterocycles. The fourth-order valence-corrected chi connectivity index (χ4v) is 3.97. The van der Waals surface area contributed by atoms with Crippen LogP contribution in [-0.2, 0) is 9.59 Å². The van der Waals surface area contributed by atoms with E-state index in [-0.39, 0.29) is 23.7 Å². The monoisotopic (exact) mass is 343 g/mol. The van der Waals surface area contributed by atoms with E-state index >= 15 is 0 Å². The molecule has 0 N–H and O–H groups in total. The van der Waals surface area contributed by atoms with Gasteiger partial charge in [0.2, 0.25) is 5.91 Å². The predicted octanol–water partition coefficient (Wildman–Crippen LogP) is 3.35. The Morgan fingerprint density at radius 1 is 0.769 bits per heavy atom. The molecule has 2 heterocycles. The zero-order valence-corrected chi connectivity index (χ0v) is 14.1. The highest BCUT2D eigenvalue weighted by Crippen LogP contribution is 2.42. The number of hydrogen-bond donors (Lipinski definition) is 0. The van der Waals surface area contributed by atoms with Crippen LogP contribution in [0.4, 0.5) is 11.4 Å². The minimum absolute atomic E-state index is 0.00356. The van der Waals surface area contributed by atoms with E-state index in [4.69, 9.17) is 0 Å². The van der Waals surface area contributed by atoms with E-state index in [1.165, 1.54) is 5.01 Å². The molecule has 0 spiro atoms. The van der Waals surface area contributed by atoms with Crippen molar-refractivity contribution < 1.29 is 9.59 Å². The van der Waals surface area contributed by atoms with E-state index in [0.29, 0.717) is 12.8 Å². The van der Waals surface area contributed by atoms with Gasteiger partial charge in [-0.15, -0.1) is 0 Å². The summed E-state index contributed by atoms with van der Waals surface area (Å²) in [7, 11) is 0. The fraction of sp³-hybridized carbons (Fsp3) is 0.190. The molecule has 2 atom stereocenters. The van der Waals surface area contributed by atoms with Gasteiger partial charge in [0.1, 0.15) is 0 Å². The number of amides is 2. The smallest absolute Gasteiger partial charge is 0.256 e. The maximum absolute atomic E-state index is 12.9. The lowest BCUT2D eigenvalue weighted by Gasteiger charge is -2.23. The molecule has 3 aliphatic rings. The topological polar surface area (TPSA) is 53.0 Å². The molecule has 1 fully saturated rings. The number of anilines is 2. The van der Waals surface area contributed by atoms with Crippen molar-refractivity contribution in [3.8, 4) is 0 Å². The summed E-state index contributed by atoms with van der Waals surface area (Å²) < 4.78 is 0. The van der Waals surface area contributed by atoms with Crippen LogP contribution in [0.25, 0.3) is 0 Å². The van der Waals surface area contributed by atoms with E-state index < -0.39 is 0 Å². The number of hydrazone groups is 1. The SMILES string of the molecule is O=C1C2CC3=NN(c4ccccc4)C(=O)C3CC2=CN1c1ccccc1. The fourth-order valence-electron chi connectivity index (χ4n) is 3.97. The van der Waals surface area contributed by atoms with Crippen LogP contribution in [0, 0.1) is 11.8 Å². The van der Waals surface area contributed by atoms with Crippen molar-refractivity contribution in [3.63, 3.8) is 0 Å². The lowest BCUT2D eigenvalue weighted by atomic mass is 9.78. The Balaban J connectivity index is 1.44. The molecule has 26 heavy (non-hydrogen) atoms. The average Bonchev–Trinajstić information content (AvgIpc) is 3.19. The largest absolute Gasteiger partial charge is 0.287 e. The minimum Gasteiger partial charge on any atom is -0.287 e. The number of hydrogen-bond acceptors (Lipinski definition) is 3. The second-order valence-corrected chi connectivity index (χ2v) is 6.84. The van der Waals surface area contributed by atoms with Gasteiger partial charge in [0.25, 0.3) is 5.91 Å². The van der Waals surface area contributed by atoms with Crippen molar-refractivity contribution in [2.45, 2.75) is 12.8 Å². The molecular formula is C21H17N3O2. The molecule has 2 aromatic carbocycles. The van der Waals surface area contributed by atoms with Crippen molar-refractivity contribution in [1.29, 1.82) is 0 Å². The molecule has 1 aliphatic carbocycles. The number of nitrogens with zero attached hydrogens (tertiary/aromatic N) is 3. The molecule has 0 radical (unpaired) electrons. The van der Waals surface area contributed by atoms with Gasteiger partial charge >= 0.3 is 0 Å². The lowest BCUT2D eigenvalue weighted by Crippen LogP contribution is -2.34. The molecule has 2 aliphatic heterocycles. The third kappa shape index (κ3) is 2.20. The summed E-state index contributed by atoms with van der Waals surface area (Å²) in [5.74, 6) is -0.385. The second kappa shape index (κ2) is 5.66. The van der Waals surface area contributed by atoms with Gasteiger partial charge in [0.15, 0.2) is 0 Å². The zero-order chi connectivity index (χ0) is 17.7.